The van der Waals surface area contributed by atoms with Crippen LogP contribution in [0.1, 0.15) is 47.2 Å². The normalized spacial score (nSPS) is 14.8. The van der Waals surface area contributed by atoms with Crippen molar-refractivity contribution in [2.45, 2.75) is 24.7 Å². The Morgan fingerprint density at radius 2 is 1.13 bits per heavy atom. The Kier molecular flexibility index (Phi) is 6.42. The zero-order chi connectivity index (χ0) is 40.2. The lowest BCUT2D eigenvalue weighted by molar-refractivity contribution is 0.440. The van der Waals surface area contributed by atoms with Crippen LogP contribution in [0.5, 0.6) is 11.5 Å². The number of ether oxygens (including phenoxy) is 1. The summed E-state index contributed by atoms with van der Waals surface area (Å²) in [5, 5.41) is 3.36. The minimum atomic E-state index is -0.596. The fourth-order valence-electron chi connectivity index (χ4n) is 11.3. The molecule has 0 saturated carbocycles. The fourth-order valence-corrected chi connectivity index (χ4v) is 12.4. The number of hydrogen-bond donors (Lipinski definition) is 0. The van der Waals surface area contributed by atoms with E-state index in [2.05, 4.69) is 194 Å². The molecule has 5 heteroatoms. The lowest BCUT2D eigenvalue weighted by Gasteiger charge is -2.39. The van der Waals surface area contributed by atoms with Gasteiger partial charge in [-0.3, -0.25) is 4.57 Å². The van der Waals surface area contributed by atoms with Crippen molar-refractivity contribution in [1.82, 2.24) is 14.5 Å². The molecular weight excluding hydrogens is 763 g/mol. The summed E-state index contributed by atoms with van der Waals surface area (Å²) < 4.78 is 11.8. The van der Waals surface area contributed by atoms with Crippen LogP contribution in [0.4, 0.5) is 0 Å². The predicted molar refractivity (Wildman–Crippen MR) is 250 cm³/mol. The van der Waals surface area contributed by atoms with Crippen molar-refractivity contribution in [3.8, 4) is 51.0 Å². The first-order chi connectivity index (χ1) is 30.0. The van der Waals surface area contributed by atoms with Gasteiger partial charge in [0.2, 0.25) is 5.95 Å². The fraction of sp³-hybridized carbons (Fsp3) is 0.0714. The molecule has 1 aliphatic heterocycles. The average molecular weight is 798 g/mol. The van der Waals surface area contributed by atoms with Crippen molar-refractivity contribution >= 4 is 53.4 Å². The molecule has 1 spiro atoms. The molecule has 0 saturated heterocycles. The van der Waals surface area contributed by atoms with E-state index in [4.69, 9.17) is 14.7 Å². The zero-order valence-corrected chi connectivity index (χ0v) is 34.2. The van der Waals surface area contributed by atoms with Crippen LogP contribution >= 0.6 is 11.3 Å². The molecule has 4 heterocycles. The summed E-state index contributed by atoms with van der Waals surface area (Å²) in [4.78, 5) is 11.3. The minimum Gasteiger partial charge on any atom is -0.454 e. The molecule has 286 valence electrons. The highest BCUT2D eigenvalue weighted by atomic mass is 32.1. The van der Waals surface area contributed by atoms with Crippen LogP contribution in [0.2, 0.25) is 0 Å². The third kappa shape index (κ3) is 4.14. The monoisotopic (exact) mass is 797 g/mol. The van der Waals surface area contributed by atoms with Crippen molar-refractivity contribution in [3.63, 3.8) is 0 Å². The van der Waals surface area contributed by atoms with Gasteiger partial charge in [-0.05, 0) is 68.8 Å². The van der Waals surface area contributed by atoms with Gasteiger partial charge in [0, 0.05) is 43.0 Å². The van der Waals surface area contributed by atoms with Gasteiger partial charge in [0.1, 0.15) is 11.3 Å². The molecule has 0 unspecified atom stereocenters. The van der Waals surface area contributed by atoms with E-state index < -0.39 is 5.41 Å². The van der Waals surface area contributed by atoms with E-state index in [1.54, 1.807) is 11.3 Å². The largest absolute Gasteiger partial charge is 0.454 e. The smallest absolute Gasteiger partial charge is 0.236 e. The van der Waals surface area contributed by atoms with Gasteiger partial charge >= 0.3 is 0 Å². The van der Waals surface area contributed by atoms with Crippen LogP contribution in [-0.2, 0) is 10.8 Å². The minimum absolute atomic E-state index is 0.149. The summed E-state index contributed by atoms with van der Waals surface area (Å²) in [5.74, 6) is 2.31. The molecule has 0 bridgehead atoms. The van der Waals surface area contributed by atoms with Gasteiger partial charge in [-0.1, -0.05) is 166 Å². The van der Waals surface area contributed by atoms with Crippen LogP contribution in [-0.4, -0.2) is 14.5 Å². The molecule has 11 aromatic rings. The Morgan fingerprint density at radius 3 is 1.92 bits per heavy atom. The topological polar surface area (TPSA) is 39.9 Å². The first-order valence-electron chi connectivity index (χ1n) is 21.0. The van der Waals surface area contributed by atoms with Crippen molar-refractivity contribution in [2.75, 3.05) is 0 Å². The van der Waals surface area contributed by atoms with Gasteiger partial charge in [-0.25, -0.2) is 9.97 Å². The van der Waals surface area contributed by atoms with E-state index >= 15 is 0 Å². The summed E-state index contributed by atoms with van der Waals surface area (Å²) in [6, 6.07) is 64.1. The van der Waals surface area contributed by atoms with Crippen molar-refractivity contribution < 1.29 is 4.74 Å². The van der Waals surface area contributed by atoms with Crippen molar-refractivity contribution in [1.29, 1.82) is 0 Å². The second-order valence-corrected chi connectivity index (χ2v) is 18.3. The Bertz CT molecular complexity index is 3690. The highest BCUT2D eigenvalue weighted by molar-refractivity contribution is 7.26. The summed E-state index contributed by atoms with van der Waals surface area (Å²) in [6.45, 7) is 4.68. The van der Waals surface area contributed by atoms with Crippen LogP contribution in [0.25, 0.3) is 81.6 Å². The zero-order valence-electron chi connectivity index (χ0n) is 33.4. The second-order valence-electron chi connectivity index (χ2n) is 17.2. The summed E-state index contributed by atoms with van der Waals surface area (Å²) in [7, 11) is 0. The van der Waals surface area contributed by atoms with Gasteiger partial charge < -0.3 is 4.74 Å². The van der Waals surface area contributed by atoms with Gasteiger partial charge in [-0.2, -0.15) is 0 Å². The molecular formula is C56H35N3OS. The van der Waals surface area contributed by atoms with Crippen LogP contribution in [0.3, 0.4) is 0 Å². The number of aromatic nitrogens is 3. The maximum atomic E-state index is 7.29. The Labute approximate surface area is 356 Å². The average Bonchev–Trinajstić information content (AvgIpc) is 4.01. The number of para-hydroxylation sites is 2. The van der Waals surface area contributed by atoms with Crippen LogP contribution < -0.4 is 4.74 Å². The second kappa shape index (κ2) is 11.7. The quantitative estimate of drug-likeness (QED) is 0.175. The SMILES string of the molecule is CC1(C)c2ccccc2-c2ccc(-c3nc(-n4c5ccccc5c5ccc6c(c54)Oc4ccccc4C64c5ccccc5-c5ccccc54)nc4c3sc3ccccc34)cc21. The van der Waals surface area contributed by atoms with Gasteiger partial charge in [0.15, 0.2) is 5.75 Å². The Morgan fingerprint density at radius 1 is 0.508 bits per heavy atom. The molecule has 0 atom stereocenters. The highest BCUT2D eigenvalue weighted by Crippen LogP contribution is 2.63. The Hall–Kier alpha value is -7.34. The molecule has 3 aromatic heterocycles. The van der Waals surface area contributed by atoms with Crippen molar-refractivity contribution in [2.24, 2.45) is 0 Å². The maximum absolute atomic E-state index is 7.29. The molecule has 0 N–H and O–H groups in total. The molecule has 0 fully saturated rings. The van der Waals surface area contributed by atoms with Gasteiger partial charge in [0.25, 0.3) is 0 Å². The molecule has 14 rings (SSSR count). The van der Waals surface area contributed by atoms with E-state index in [0.717, 1.165) is 71.3 Å². The third-order valence-electron chi connectivity index (χ3n) is 13.9. The highest BCUT2D eigenvalue weighted by Gasteiger charge is 2.51. The molecule has 4 nitrogen and oxygen atoms in total. The van der Waals surface area contributed by atoms with Gasteiger partial charge in [0.05, 0.1) is 26.8 Å². The van der Waals surface area contributed by atoms with Crippen LogP contribution in [0.15, 0.2) is 176 Å². The van der Waals surface area contributed by atoms with Gasteiger partial charge in [-0.15, -0.1) is 11.3 Å². The number of nitrogens with zero attached hydrogens (tertiary/aromatic N) is 3. The predicted octanol–water partition coefficient (Wildman–Crippen LogP) is 14.4. The molecule has 2 aliphatic carbocycles. The first-order valence-corrected chi connectivity index (χ1v) is 21.8. The molecule has 3 aliphatic rings. The molecule has 0 amide bonds. The van der Waals surface area contributed by atoms with E-state index in [1.807, 2.05) is 0 Å². The number of hydrogen-bond acceptors (Lipinski definition) is 4. The standard InChI is InChI=1S/C56H35N3OS/c1-55(2)40-20-8-3-15-33(40)36-28-27-32(31-45(36)55)49-53-50(39-19-7-14-26-48(39)61-53)58-54(57-49)59-46-24-12-6-18-37(46)38-29-30-44-52(51(38)59)60-47-25-13-11-23-43(47)56(44)41-21-9-4-16-34(41)35-17-5-10-22-42(35)56/h3-31H,1-2H3. The van der Waals surface area contributed by atoms with Crippen molar-refractivity contribution in [3.05, 3.63) is 209 Å². The number of benzene rings is 8. The Balaban J connectivity index is 1.10. The summed E-state index contributed by atoms with van der Waals surface area (Å²) in [5.41, 5.74) is 16.8. The lowest BCUT2D eigenvalue weighted by atomic mass is 9.66. The maximum Gasteiger partial charge on any atom is 0.236 e. The molecule has 0 radical (unpaired) electrons. The van der Waals surface area contributed by atoms with Crippen LogP contribution in [0, 0.1) is 0 Å². The number of thiophene rings is 1. The third-order valence-corrected chi connectivity index (χ3v) is 15.1. The van der Waals surface area contributed by atoms with E-state index in [0.29, 0.717) is 5.95 Å². The van der Waals surface area contributed by atoms with E-state index in [1.165, 1.54) is 49.2 Å². The number of fused-ring (bicyclic) bond motifs is 19. The van der Waals surface area contributed by atoms with E-state index in [-0.39, 0.29) is 5.41 Å². The lowest BCUT2D eigenvalue weighted by Crippen LogP contribution is -2.32. The van der Waals surface area contributed by atoms with E-state index in [9.17, 15) is 0 Å². The molecule has 8 aromatic carbocycles. The summed E-state index contributed by atoms with van der Waals surface area (Å²) >= 11 is 1.77. The first kappa shape index (κ1) is 33.5. The number of rotatable bonds is 2. The molecule has 61 heavy (non-hydrogen) atoms. The summed E-state index contributed by atoms with van der Waals surface area (Å²) in [6.07, 6.45) is 0.